The molecular weight excluding hydrogens is 413 g/mol. The molecule has 3 amide bonds. The highest BCUT2D eigenvalue weighted by atomic mass is 19.1. The van der Waals surface area contributed by atoms with Crippen molar-refractivity contribution >= 4 is 29.3 Å². The van der Waals surface area contributed by atoms with E-state index >= 15 is 0 Å². The van der Waals surface area contributed by atoms with Gasteiger partial charge in [-0.2, -0.15) is 0 Å². The molecule has 0 aliphatic heterocycles. The van der Waals surface area contributed by atoms with Gasteiger partial charge >= 0.3 is 6.03 Å². The Kier molecular flexibility index (Phi) is 6.87. The summed E-state index contributed by atoms with van der Waals surface area (Å²) in [5.41, 5.74) is 2.27. The molecule has 0 bridgehead atoms. The van der Waals surface area contributed by atoms with Crippen LogP contribution in [0.3, 0.4) is 0 Å². The Balaban J connectivity index is 1.57. The van der Waals surface area contributed by atoms with Crippen molar-refractivity contribution in [2.45, 2.75) is 46.0 Å². The Morgan fingerprint density at radius 1 is 1.00 bits per heavy atom. The highest BCUT2D eigenvalue weighted by molar-refractivity contribution is 5.99. The van der Waals surface area contributed by atoms with Crippen LogP contribution in [0.5, 0.6) is 0 Å². The third-order valence-electron chi connectivity index (χ3n) is 4.63. The average molecular weight is 439 g/mol. The van der Waals surface area contributed by atoms with E-state index in [9.17, 15) is 14.0 Å². The fourth-order valence-electron chi connectivity index (χ4n) is 2.94. The Bertz CT molecular complexity index is 1120. The maximum absolute atomic E-state index is 14.5. The second kappa shape index (κ2) is 9.59. The maximum Gasteiger partial charge on any atom is 0.326 e. The lowest BCUT2D eigenvalue weighted by atomic mass is 9.92. The molecule has 0 atom stereocenters. The second-order valence-corrected chi connectivity index (χ2v) is 8.45. The fourth-order valence-corrected chi connectivity index (χ4v) is 2.94. The van der Waals surface area contributed by atoms with E-state index in [1.54, 1.807) is 24.4 Å². The van der Waals surface area contributed by atoms with Crippen molar-refractivity contribution in [3.05, 3.63) is 65.2 Å². The first-order valence-electron chi connectivity index (χ1n) is 10.2. The Hall–Kier alpha value is -3.75. The third-order valence-corrected chi connectivity index (χ3v) is 4.63. The normalized spacial score (nSPS) is 11.2. The summed E-state index contributed by atoms with van der Waals surface area (Å²) in [6.07, 6.45) is 2.84. The molecule has 0 spiro atoms. The molecule has 0 radical (unpaired) electrons. The maximum atomic E-state index is 14.5. The van der Waals surface area contributed by atoms with Crippen LogP contribution in [0.25, 0.3) is 0 Å². The van der Waals surface area contributed by atoms with E-state index in [1.807, 2.05) is 26.8 Å². The summed E-state index contributed by atoms with van der Waals surface area (Å²) < 4.78 is 19.6. The molecule has 0 saturated heterocycles. The average Bonchev–Trinajstić information content (AvgIpc) is 3.17. The van der Waals surface area contributed by atoms with Gasteiger partial charge in [0.1, 0.15) is 11.6 Å². The Morgan fingerprint density at radius 2 is 1.72 bits per heavy atom. The standard InChI is InChI=1S/C23H26FN5O3/c1-14(30)26-20-12-16(9-10-25-20)6-5-15-7-8-18(17(24)11-15)27-22(31)28-21-13-19(29-32-21)23(2,3)4/h7-13H,5-6H2,1-4H3,(H,25,26,30)(H2,27,28,31). The first-order chi connectivity index (χ1) is 15.1. The summed E-state index contributed by atoms with van der Waals surface area (Å²) in [6.45, 7) is 7.34. The summed E-state index contributed by atoms with van der Waals surface area (Å²) in [5.74, 6) is -0.0744. The summed E-state index contributed by atoms with van der Waals surface area (Å²) in [4.78, 5) is 27.4. The number of rotatable bonds is 6. The van der Waals surface area contributed by atoms with Gasteiger partial charge in [-0.05, 0) is 48.2 Å². The molecule has 3 N–H and O–H groups in total. The summed E-state index contributed by atoms with van der Waals surface area (Å²) in [7, 11) is 0. The van der Waals surface area contributed by atoms with Crippen LogP contribution >= 0.6 is 0 Å². The summed E-state index contributed by atoms with van der Waals surface area (Å²) in [6, 6.07) is 9.29. The number of aryl methyl sites for hydroxylation is 2. The minimum atomic E-state index is -0.629. The highest BCUT2D eigenvalue weighted by Gasteiger charge is 2.20. The molecule has 32 heavy (non-hydrogen) atoms. The van der Waals surface area contributed by atoms with Crippen LogP contribution in [-0.4, -0.2) is 22.1 Å². The monoisotopic (exact) mass is 439 g/mol. The van der Waals surface area contributed by atoms with Gasteiger partial charge < -0.3 is 15.2 Å². The van der Waals surface area contributed by atoms with Crippen molar-refractivity contribution < 1.29 is 18.5 Å². The van der Waals surface area contributed by atoms with Crippen LogP contribution in [0.15, 0.2) is 47.1 Å². The number of halogens is 1. The number of benzene rings is 1. The number of urea groups is 1. The van der Waals surface area contributed by atoms with Gasteiger partial charge in [0.25, 0.3) is 0 Å². The van der Waals surface area contributed by atoms with Gasteiger partial charge in [-0.15, -0.1) is 0 Å². The van der Waals surface area contributed by atoms with E-state index in [2.05, 4.69) is 26.1 Å². The number of amides is 3. The molecule has 3 rings (SSSR count). The zero-order chi connectivity index (χ0) is 23.3. The molecular formula is C23H26FN5O3. The number of carbonyl (C=O) groups is 2. The van der Waals surface area contributed by atoms with Gasteiger partial charge in [-0.25, -0.2) is 14.2 Å². The summed E-state index contributed by atoms with van der Waals surface area (Å²) >= 11 is 0. The largest absolute Gasteiger partial charge is 0.338 e. The van der Waals surface area contributed by atoms with Crippen LogP contribution in [0.1, 0.15) is 44.5 Å². The van der Waals surface area contributed by atoms with E-state index in [1.165, 1.54) is 19.1 Å². The van der Waals surface area contributed by atoms with Crippen molar-refractivity contribution in [2.24, 2.45) is 0 Å². The quantitative estimate of drug-likeness (QED) is 0.506. The SMILES string of the molecule is CC(=O)Nc1cc(CCc2ccc(NC(=O)Nc3cc(C(C)(C)C)no3)c(F)c2)ccn1. The Labute approximate surface area is 185 Å². The van der Waals surface area contributed by atoms with Crippen molar-refractivity contribution in [2.75, 3.05) is 16.0 Å². The van der Waals surface area contributed by atoms with E-state index in [-0.39, 0.29) is 22.9 Å². The fraction of sp³-hybridized carbons (Fsp3) is 0.304. The molecule has 168 valence electrons. The zero-order valence-corrected chi connectivity index (χ0v) is 18.5. The number of hydrogen-bond acceptors (Lipinski definition) is 5. The van der Waals surface area contributed by atoms with Crippen LogP contribution in [0.2, 0.25) is 0 Å². The van der Waals surface area contributed by atoms with Gasteiger partial charge in [-0.3, -0.25) is 10.1 Å². The smallest absolute Gasteiger partial charge is 0.326 e. The van der Waals surface area contributed by atoms with Gasteiger partial charge in [0.15, 0.2) is 0 Å². The van der Waals surface area contributed by atoms with E-state index in [0.717, 1.165) is 11.1 Å². The molecule has 0 saturated carbocycles. The van der Waals surface area contributed by atoms with Gasteiger partial charge in [0, 0.05) is 24.6 Å². The van der Waals surface area contributed by atoms with Gasteiger partial charge in [-0.1, -0.05) is 32.0 Å². The van der Waals surface area contributed by atoms with E-state index in [4.69, 9.17) is 4.52 Å². The number of carbonyl (C=O) groups excluding carboxylic acids is 2. The zero-order valence-electron chi connectivity index (χ0n) is 18.5. The minimum Gasteiger partial charge on any atom is -0.338 e. The number of hydrogen-bond donors (Lipinski definition) is 3. The molecule has 2 aromatic heterocycles. The molecule has 0 aliphatic rings. The molecule has 0 unspecified atom stereocenters. The lowest BCUT2D eigenvalue weighted by molar-refractivity contribution is -0.114. The predicted molar refractivity (Wildman–Crippen MR) is 120 cm³/mol. The topological polar surface area (TPSA) is 109 Å². The molecule has 9 heteroatoms. The van der Waals surface area contributed by atoms with Gasteiger partial charge in [0.2, 0.25) is 11.8 Å². The number of aromatic nitrogens is 2. The lowest BCUT2D eigenvalue weighted by Crippen LogP contribution is -2.20. The van der Waals surface area contributed by atoms with Crippen LogP contribution in [0, 0.1) is 5.82 Å². The van der Waals surface area contributed by atoms with Gasteiger partial charge in [0.05, 0.1) is 11.4 Å². The van der Waals surface area contributed by atoms with Crippen LogP contribution in [0.4, 0.5) is 26.6 Å². The molecule has 0 aliphatic carbocycles. The number of nitrogens with one attached hydrogen (secondary N) is 3. The molecule has 8 nitrogen and oxygen atoms in total. The van der Waals surface area contributed by atoms with Crippen molar-refractivity contribution in [1.29, 1.82) is 0 Å². The molecule has 3 aromatic rings. The van der Waals surface area contributed by atoms with E-state index < -0.39 is 11.8 Å². The summed E-state index contributed by atoms with van der Waals surface area (Å²) in [5, 5.41) is 11.5. The number of anilines is 3. The lowest BCUT2D eigenvalue weighted by Gasteiger charge is -2.12. The first kappa shape index (κ1) is 22.9. The van der Waals surface area contributed by atoms with Crippen molar-refractivity contribution in [3.8, 4) is 0 Å². The molecule has 2 heterocycles. The van der Waals surface area contributed by atoms with Crippen molar-refractivity contribution in [3.63, 3.8) is 0 Å². The van der Waals surface area contributed by atoms with Crippen LogP contribution < -0.4 is 16.0 Å². The highest BCUT2D eigenvalue weighted by Crippen LogP contribution is 2.24. The second-order valence-electron chi connectivity index (χ2n) is 8.45. The van der Waals surface area contributed by atoms with E-state index in [0.29, 0.717) is 24.4 Å². The molecule has 0 fully saturated rings. The third kappa shape index (κ3) is 6.37. The first-order valence-corrected chi connectivity index (χ1v) is 10.2. The number of nitrogens with zero attached hydrogens (tertiary/aromatic N) is 2. The van der Waals surface area contributed by atoms with Crippen molar-refractivity contribution in [1.82, 2.24) is 10.1 Å². The minimum absolute atomic E-state index is 0.0543. The predicted octanol–water partition coefficient (Wildman–Crippen LogP) is 4.89. The van der Waals surface area contributed by atoms with Crippen LogP contribution in [-0.2, 0) is 23.1 Å². The number of pyridine rings is 1. The Morgan fingerprint density at radius 3 is 2.34 bits per heavy atom. The molecule has 1 aromatic carbocycles.